The van der Waals surface area contributed by atoms with Crippen LogP contribution in [0.1, 0.15) is 19.3 Å². The summed E-state index contributed by atoms with van der Waals surface area (Å²) in [7, 11) is 0. The molecule has 0 aliphatic heterocycles. The molecule has 2 aliphatic rings. The van der Waals surface area contributed by atoms with Crippen molar-refractivity contribution < 1.29 is 5.11 Å². The van der Waals surface area contributed by atoms with Gasteiger partial charge in [-0.2, -0.15) is 0 Å². The Kier molecular flexibility index (Phi) is 1.61. The van der Waals surface area contributed by atoms with E-state index >= 15 is 0 Å². The lowest BCUT2D eigenvalue weighted by atomic mass is 10.00. The van der Waals surface area contributed by atoms with Crippen molar-refractivity contribution >= 4 is 0 Å². The highest BCUT2D eigenvalue weighted by atomic mass is 16.3. The zero-order valence-corrected chi connectivity index (χ0v) is 6.66. The first-order valence-electron chi connectivity index (χ1n) is 4.33. The summed E-state index contributed by atoms with van der Waals surface area (Å²) in [4.78, 5) is 0. The molecular weight excluding hydrogens is 136 g/mol. The molecule has 0 aromatic heterocycles. The van der Waals surface area contributed by atoms with E-state index in [0.29, 0.717) is 5.92 Å². The van der Waals surface area contributed by atoms with E-state index in [1.54, 1.807) is 0 Å². The van der Waals surface area contributed by atoms with Crippen molar-refractivity contribution in [3.8, 4) is 0 Å². The molecule has 1 saturated carbocycles. The fourth-order valence-electron chi connectivity index (χ4n) is 2.40. The summed E-state index contributed by atoms with van der Waals surface area (Å²) in [5, 5.41) is 9.58. The lowest BCUT2D eigenvalue weighted by molar-refractivity contribution is 0.153. The van der Waals surface area contributed by atoms with Crippen LogP contribution in [0.5, 0.6) is 0 Å². The van der Waals surface area contributed by atoms with Crippen molar-refractivity contribution in [2.75, 3.05) is 0 Å². The zero-order chi connectivity index (χ0) is 7.84. The molecule has 0 aromatic carbocycles. The van der Waals surface area contributed by atoms with Crippen molar-refractivity contribution in [2.24, 2.45) is 11.8 Å². The van der Waals surface area contributed by atoms with Crippen molar-refractivity contribution in [3.05, 3.63) is 24.3 Å². The Morgan fingerprint density at radius 1 is 1.64 bits per heavy atom. The molecule has 0 saturated heterocycles. The van der Waals surface area contributed by atoms with E-state index in [4.69, 9.17) is 0 Å². The van der Waals surface area contributed by atoms with Gasteiger partial charge in [0.25, 0.3) is 0 Å². The van der Waals surface area contributed by atoms with Crippen LogP contribution in [0.15, 0.2) is 24.3 Å². The number of hydrogen-bond donors (Lipinski definition) is 1. The van der Waals surface area contributed by atoms with Gasteiger partial charge in [0.2, 0.25) is 0 Å². The van der Waals surface area contributed by atoms with Gasteiger partial charge in [-0.1, -0.05) is 17.7 Å². The van der Waals surface area contributed by atoms with Crippen molar-refractivity contribution in [1.82, 2.24) is 0 Å². The molecule has 11 heavy (non-hydrogen) atoms. The summed E-state index contributed by atoms with van der Waals surface area (Å²) in [6.45, 7) is 3.75. The van der Waals surface area contributed by atoms with E-state index in [9.17, 15) is 5.11 Å². The smallest absolute Gasteiger partial charge is 0.0645 e. The van der Waals surface area contributed by atoms with Crippen LogP contribution in [0.4, 0.5) is 0 Å². The van der Waals surface area contributed by atoms with Gasteiger partial charge in [0, 0.05) is 5.92 Å². The van der Waals surface area contributed by atoms with Gasteiger partial charge in [0.05, 0.1) is 6.10 Å². The molecule has 0 heterocycles. The first-order valence-corrected chi connectivity index (χ1v) is 4.33. The van der Waals surface area contributed by atoms with E-state index in [1.165, 1.54) is 18.4 Å². The Morgan fingerprint density at radius 3 is 3.18 bits per heavy atom. The van der Waals surface area contributed by atoms with Gasteiger partial charge in [-0.15, -0.1) is 6.58 Å². The quantitative estimate of drug-likeness (QED) is 0.566. The average molecular weight is 150 g/mol. The summed E-state index contributed by atoms with van der Waals surface area (Å²) in [5.41, 5.74) is 1.45. The molecule has 2 rings (SSSR count). The number of aliphatic hydroxyl groups excluding tert-OH is 1. The summed E-state index contributed by atoms with van der Waals surface area (Å²) < 4.78 is 0. The molecular formula is C10H14O. The maximum absolute atomic E-state index is 9.58. The Labute approximate surface area is 67.4 Å². The van der Waals surface area contributed by atoms with Crippen LogP contribution in [0.2, 0.25) is 0 Å². The summed E-state index contributed by atoms with van der Waals surface area (Å²) >= 11 is 0. The summed E-state index contributed by atoms with van der Waals surface area (Å²) in [5.74, 6) is 0.940. The molecule has 0 spiro atoms. The van der Waals surface area contributed by atoms with Crippen molar-refractivity contribution in [1.29, 1.82) is 0 Å². The van der Waals surface area contributed by atoms with Crippen molar-refractivity contribution in [2.45, 2.75) is 25.4 Å². The van der Waals surface area contributed by atoms with Gasteiger partial charge in [-0.25, -0.2) is 0 Å². The largest absolute Gasteiger partial charge is 0.392 e. The highest BCUT2D eigenvalue weighted by Gasteiger charge is 2.37. The topological polar surface area (TPSA) is 20.2 Å². The van der Waals surface area contributed by atoms with E-state index in [2.05, 4.69) is 12.7 Å². The first kappa shape index (κ1) is 7.11. The molecule has 0 aromatic rings. The first-order chi connectivity index (χ1) is 5.33. The number of hydrogen-bond acceptors (Lipinski definition) is 1. The molecule has 1 heteroatoms. The van der Waals surface area contributed by atoms with E-state index in [0.717, 1.165) is 6.42 Å². The van der Waals surface area contributed by atoms with Gasteiger partial charge in [0.1, 0.15) is 0 Å². The normalized spacial score (nSPS) is 41.9. The maximum Gasteiger partial charge on any atom is 0.0645 e. The molecule has 0 bridgehead atoms. The summed E-state index contributed by atoms with van der Waals surface area (Å²) in [6.07, 6.45) is 7.44. The molecule has 1 N–H and O–H groups in total. The van der Waals surface area contributed by atoms with Crippen molar-refractivity contribution in [3.63, 3.8) is 0 Å². The second-order valence-corrected chi connectivity index (χ2v) is 3.54. The van der Waals surface area contributed by atoms with Crippen LogP contribution in [0, 0.1) is 11.8 Å². The van der Waals surface area contributed by atoms with E-state index in [1.807, 2.05) is 6.08 Å². The highest BCUT2D eigenvalue weighted by Crippen LogP contribution is 2.43. The third-order valence-electron chi connectivity index (χ3n) is 2.95. The second-order valence-electron chi connectivity index (χ2n) is 3.54. The third kappa shape index (κ3) is 0.951. The number of allylic oxidation sites excluding steroid dienone is 1. The van der Waals surface area contributed by atoms with E-state index in [-0.39, 0.29) is 12.0 Å². The average Bonchev–Trinajstić information content (AvgIpc) is 2.46. The number of aliphatic hydroxyl groups is 1. The molecule has 3 atom stereocenters. The monoisotopic (exact) mass is 150 g/mol. The molecule has 0 radical (unpaired) electrons. The van der Waals surface area contributed by atoms with Crippen LogP contribution >= 0.6 is 0 Å². The SMILES string of the molecule is C=C[C@H]1C2=CCC[C@@H]2C[C@H]1O. The van der Waals surface area contributed by atoms with Crippen LogP contribution in [0.25, 0.3) is 0 Å². The Morgan fingerprint density at radius 2 is 2.45 bits per heavy atom. The maximum atomic E-state index is 9.58. The van der Waals surface area contributed by atoms with Crippen LogP contribution in [-0.2, 0) is 0 Å². The molecule has 1 nitrogen and oxygen atoms in total. The molecule has 0 amide bonds. The Hall–Kier alpha value is -0.560. The molecule has 1 fully saturated rings. The fourth-order valence-corrected chi connectivity index (χ4v) is 2.40. The Balaban J connectivity index is 2.25. The fraction of sp³-hybridized carbons (Fsp3) is 0.600. The second kappa shape index (κ2) is 2.49. The lowest BCUT2D eigenvalue weighted by Crippen LogP contribution is -2.10. The van der Waals surface area contributed by atoms with E-state index < -0.39 is 0 Å². The standard InChI is InChI=1S/C10H14O/c1-2-8-9-5-3-4-7(9)6-10(8)11/h2,5,7-8,10-11H,1,3-4,6H2/t7-,8+,10-/m1/s1. The predicted molar refractivity (Wildman–Crippen MR) is 45.1 cm³/mol. The van der Waals surface area contributed by atoms with Gasteiger partial charge in [-0.05, 0) is 25.2 Å². The van der Waals surface area contributed by atoms with Gasteiger partial charge in [0.15, 0.2) is 0 Å². The van der Waals surface area contributed by atoms with Gasteiger partial charge >= 0.3 is 0 Å². The minimum atomic E-state index is -0.149. The predicted octanol–water partition coefficient (Wildman–Crippen LogP) is 1.89. The minimum Gasteiger partial charge on any atom is -0.392 e. The molecule has 60 valence electrons. The van der Waals surface area contributed by atoms with Gasteiger partial charge in [-0.3, -0.25) is 0 Å². The number of fused-ring (bicyclic) bond motifs is 1. The Bertz CT molecular complexity index is 205. The van der Waals surface area contributed by atoms with Crippen LogP contribution < -0.4 is 0 Å². The minimum absolute atomic E-state index is 0.149. The van der Waals surface area contributed by atoms with Crippen LogP contribution in [0.3, 0.4) is 0 Å². The third-order valence-corrected chi connectivity index (χ3v) is 2.95. The van der Waals surface area contributed by atoms with Gasteiger partial charge < -0.3 is 5.11 Å². The molecule has 2 aliphatic carbocycles. The lowest BCUT2D eigenvalue weighted by Gasteiger charge is -2.09. The molecule has 0 unspecified atom stereocenters. The summed E-state index contributed by atoms with van der Waals surface area (Å²) in [6, 6.07) is 0. The number of rotatable bonds is 1. The zero-order valence-electron chi connectivity index (χ0n) is 6.66. The highest BCUT2D eigenvalue weighted by molar-refractivity contribution is 5.26. The van der Waals surface area contributed by atoms with Crippen LogP contribution in [-0.4, -0.2) is 11.2 Å².